The molecular weight excluding hydrogens is 216 g/mol. The van der Waals surface area contributed by atoms with Crippen molar-refractivity contribution < 1.29 is 4.79 Å². The topological polar surface area (TPSA) is 69.8 Å². The van der Waals surface area contributed by atoms with Gasteiger partial charge in [0.2, 0.25) is 5.91 Å². The van der Waals surface area contributed by atoms with Crippen LogP contribution in [0.3, 0.4) is 0 Å². The fraction of sp³-hybridized carbons (Fsp3) is 0.667. The number of hydrogen-bond donors (Lipinski definition) is 3. The highest BCUT2D eigenvalue weighted by atomic mass is 16.1. The lowest BCUT2D eigenvalue weighted by Gasteiger charge is -2.13. The molecule has 0 aromatic carbocycles. The second-order valence-electron chi connectivity index (χ2n) is 4.72. The fourth-order valence-electron chi connectivity index (χ4n) is 2.19. The molecule has 2 unspecified atom stereocenters. The maximum atomic E-state index is 11.7. The van der Waals surface area contributed by atoms with Crippen LogP contribution in [0.15, 0.2) is 12.4 Å². The molecule has 1 aliphatic rings. The Morgan fingerprint density at radius 2 is 2.59 bits per heavy atom. The van der Waals surface area contributed by atoms with Crippen LogP contribution >= 0.6 is 0 Å². The minimum atomic E-state index is 0.0305. The van der Waals surface area contributed by atoms with E-state index in [2.05, 4.69) is 20.8 Å². The summed E-state index contributed by atoms with van der Waals surface area (Å²) in [6, 6.07) is 0.0305. The molecule has 1 amide bonds. The van der Waals surface area contributed by atoms with E-state index in [1.54, 1.807) is 6.20 Å². The maximum absolute atomic E-state index is 11.7. The summed E-state index contributed by atoms with van der Waals surface area (Å²) in [6.07, 6.45) is 6.35. The number of nitrogens with zero attached hydrogens (tertiary/aromatic N) is 1. The van der Waals surface area contributed by atoms with Gasteiger partial charge in [0.15, 0.2) is 0 Å². The summed E-state index contributed by atoms with van der Waals surface area (Å²) >= 11 is 0. The Hall–Kier alpha value is -1.36. The van der Waals surface area contributed by atoms with Crippen molar-refractivity contribution in [3.8, 4) is 0 Å². The third-order valence-corrected chi connectivity index (χ3v) is 3.34. The third kappa shape index (κ3) is 3.56. The van der Waals surface area contributed by atoms with Gasteiger partial charge in [-0.3, -0.25) is 9.89 Å². The summed E-state index contributed by atoms with van der Waals surface area (Å²) in [5.74, 6) is 0.801. The van der Waals surface area contributed by atoms with E-state index in [1.165, 1.54) is 6.42 Å². The van der Waals surface area contributed by atoms with Crippen LogP contribution in [0.5, 0.6) is 0 Å². The second kappa shape index (κ2) is 5.82. The molecule has 2 rings (SSSR count). The first-order valence-electron chi connectivity index (χ1n) is 6.24. The number of carbonyl (C=O) groups is 1. The van der Waals surface area contributed by atoms with Crippen LogP contribution in [0.2, 0.25) is 0 Å². The molecule has 1 aliphatic heterocycles. The molecule has 0 saturated carbocycles. The quantitative estimate of drug-likeness (QED) is 0.713. The van der Waals surface area contributed by atoms with E-state index < -0.39 is 0 Å². The van der Waals surface area contributed by atoms with Gasteiger partial charge in [0, 0.05) is 18.2 Å². The molecule has 0 aliphatic carbocycles. The van der Waals surface area contributed by atoms with Gasteiger partial charge >= 0.3 is 0 Å². The van der Waals surface area contributed by atoms with E-state index in [-0.39, 0.29) is 11.9 Å². The van der Waals surface area contributed by atoms with Crippen molar-refractivity contribution in [2.24, 2.45) is 5.92 Å². The first kappa shape index (κ1) is 12.1. The van der Waals surface area contributed by atoms with Gasteiger partial charge in [-0.2, -0.15) is 5.10 Å². The Bertz CT molecular complexity index is 343. The highest BCUT2D eigenvalue weighted by Gasteiger charge is 2.16. The smallest absolute Gasteiger partial charge is 0.220 e. The largest absolute Gasteiger partial charge is 0.349 e. The molecule has 5 heteroatoms. The second-order valence-corrected chi connectivity index (χ2v) is 4.72. The van der Waals surface area contributed by atoms with Gasteiger partial charge in [0.1, 0.15) is 0 Å². The predicted octanol–water partition coefficient (Wildman–Crippen LogP) is 0.977. The Morgan fingerprint density at radius 1 is 1.71 bits per heavy atom. The van der Waals surface area contributed by atoms with E-state index in [9.17, 15) is 4.79 Å². The number of carbonyl (C=O) groups excluding carboxylic acids is 1. The number of rotatable bonds is 5. The summed E-state index contributed by atoms with van der Waals surface area (Å²) in [5, 5.41) is 12.9. The first-order chi connectivity index (χ1) is 8.25. The Morgan fingerprint density at radius 3 is 3.24 bits per heavy atom. The summed E-state index contributed by atoms with van der Waals surface area (Å²) in [6.45, 7) is 4.13. The van der Waals surface area contributed by atoms with Gasteiger partial charge in [-0.05, 0) is 38.8 Å². The van der Waals surface area contributed by atoms with Gasteiger partial charge in [-0.1, -0.05) is 0 Å². The fourth-order valence-corrected chi connectivity index (χ4v) is 2.19. The monoisotopic (exact) mass is 236 g/mol. The number of aromatic nitrogens is 2. The van der Waals surface area contributed by atoms with Crippen molar-refractivity contribution >= 4 is 5.91 Å². The molecule has 0 spiro atoms. The third-order valence-electron chi connectivity index (χ3n) is 3.34. The minimum Gasteiger partial charge on any atom is -0.349 e. The van der Waals surface area contributed by atoms with Crippen LogP contribution < -0.4 is 10.6 Å². The van der Waals surface area contributed by atoms with Crippen molar-refractivity contribution in [2.75, 3.05) is 13.1 Å². The molecule has 94 valence electrons. The molecule has 5 nitrogen and oxygen atoms in total. The zero-order chi connectivity index (χ0) is 12.1. The number of H-pyrrole nitrogens is 1. The van der Waals surface area contributed by atoms with Gasteiger partial charge in [-0.25, -0.2) is 0 Å². The average molecular weight is 236 g/mol. The van der Waals surface area contributed by atoms with E-state index in [4.69, 9.17) is 0 Å². The van der Waals surface area contributed by atoms with Crippen LogP contribution in [0, 0.1) is 5.92 Å². The van der Waals surface area contributed by atoms with Crippen molar-refractivity contribution in [2.45, 2.75) is 32.2 Å². The summed E-state index contributed by atoms with van der Waals surface area (Å²) in [5.41, 5.74) is 1.01. The van der Waals surface area contributed by atoms with E-state index in [0.717, 1.165) is 25.1 Å². The zero-order valence-corrected chi connectivity index (χ0v) is 10.2. The van der Waals surface area contributed by atoms with E-state index >= 15 is 0 Å². The molecule has 1 aromatic heterocycles. The molecule has 3 N–H and O–H groups in total. The zero-order valence-electron chi connectivity index (χ0n) is 10.2. The van der Waals surface area contributed by atoms with Crippen molar-refractivity contribution in [1.29, 1.82) is 0 Å². The predicted molar refractivity (Wildman–Crippen MR) is 65.4 cm³/mol. The summed E-state index contributed by atoms with van der Waals surface area (Å²) < 4.78 is 0. The standard InChI is InChI=1S/C12H20N4O/c1-9(11-7-14-15-8-11)16-12(17)3-2-10-4-5-13-6-10/h7-10,13H,2-6H2,1H3,(H,14,15)(H,16,17). The highest BCUT2D eigenvalue weighted by molar-refractivity contribution is 5.76. The maximum Gasteiger partial charge on any atom is 0.220 e. The van der Waals surface area contributed by atoms with Crippen molar-refractivity contribution in [3.63, 3.8) is 0 Å². The van der Waals surface area contributed by atoms with Gasteiger partial charge in [0.25, 0.3) is 0 Å². The number of aromatic amines is 1. The summed E-state index contributed by atoms with van der Waals surface area (Å²) in [7, 11) is 0. The summed E-state index contributed by atoms with van der Waals surface area (Å²) in [4.78, 5) is 11.7. The lowest BCUT2D eigenvalue weighted by atomic mass is 10.0. The van der Waals surface area contributed by atoms with Gasteiger partial charge in [0.05, 0.1) is 12.2 Å². The molecule has 0 bridgehead atoms. The van der Waals surface area contributed by atoms with E-state index in [0.29, 0.717) is 12.3 Å². The van der Waals surface area contributed by atoms with Crippen molar-refractivity contribution in [3.05, 3.63) is 18.0 Å². The molecule has 2 heterocycles. The Labute approximate surface area is 101 Å². The Balaban J connectivity index is 1.69. The minimum absolute atomic E-state index is 0.0305. The van der Waals surface area contributed by atoms with E-state index in [1.807, 2.05) is 13.1 Å². The molecule has 2 atom stereocenters. The molecule has 1 fully saturated rings. The van der Waals surface area contributed by atoms with Crippen LogP contribution in [-0.4, -0.2) is 29.2 Å². The van der Waals surface area contributed by atoms with Crippen molar-refractivity contribution in [1.82, 2.24) is 20.8 Å². The van der Waals surface area contributed by atoms with Crippen LogP contribution in [-0.2, 0) is 4.79 Å². The van der Waals surface area contributed by atoms with Gasteiger partial charge < -0.3 is 10.6 Å². The molecule has 0 radical (unpaired) electrons. The number of hydrogen-bond acceptors (Lipinski definition) is 3. The molecule has 1 aromatic rings. The number of nitrogens with one attached hydrogen (secondary N) is 3. The van der Waals surface area contributed by atoms with Crippen LogP contribution in [0.1, 0.15) is 37.8 Å². The molecule has 17 heavy (non-hydrogen) atoms. The molecular formula is C12H20N4O. The lowest BCUT2D eigenvalue weighted by molar-refractivity contribution is -0.122. The van der Waals surface area contributed by atoms with Gasteiger partial charge in [-0.15, -0.1) is 0 Å². The van der Waals surface area contributed by atoms with Crippen LogP contribution in [0.4, 0.5) is 0 Å². The normalized spacial score (nSPS) is 21.4. The number of amides is 1. The lowest BCUT2D eigenvalue weighted by Crippen LogP contribution is -2.26. The average Bonchev–Trinajstić information content (AvgIpc) is 2.99. The highest BCUT2D eigenvalue weighted by Crippen LogP contribution is 2.15. The Kier molecular flexibility index (Phi) is 4.14. The SMILES string of the molecule is CC(NC(=O)CCC1CCNC1)c1cn[nH]c1. The first-order valence-corrected chi connectivity index (χ1v) is 6.24. The van der Waals surface area contributed by atoms with Crippen LogP contribution in [0.25, 0.3) is 0 Å². The molecule has 1 saturated heterocycles.